The Morgan fingerprint density at radius 2 is 2.17 bits per heavy atom. The highest BCUT2D eigenvalue weighted by atomic mass is 16.3. The SMILES string of the molecule is OC1CCCN1c1cc[c]cc1. The van der Waals surface area contributed by atoms with Gasteiger partial charge >= 0.3 is 0 Å². The summed E-state index contributed by atoms with van der Waals surface area (Å²) in [5, 5.41) is 9.56. The molecule has 1 aliphatic rings. The lowest BCUT2D eigenvalue weighted by molar-refractivity contribution is 0.186. The van der Waals surface area contributed by atoms with E-state index in [0.29, 0.717) is 0 Å². The van der Waals surface area contributed by atoms with E-state index in [2.05, 4.69) is 6.07 Å². The Labute approximate surface area is 72.4 Å². The molecule has 1 N–H and O–H groups in total. The molecule has 63 valence electrons. The van der Waals surface area contributed by atoms with Crippen molar-refractivity contribution in [2.75, 3.05) is 11.4 Å². The van der Waals surface area contributed by atoms with Crippen LogP contribution in [-0.2, 0) is 0 Å². The highest BCUT2D eigenvalue weighted by Crippen LogP contribution is 2.22. The normalized spacial score (nSPS) is 23.1. The van der Waals surface area contributed by atoms with Crippen molar-refractivity contribution in [2.45, 2.75) is 19.1 Å². The molecule has 1 fully saturated rings. The van der Waals surface area contributed by atoms with Crippen LogP contribution in [0.3, 0.4) is 0 Å². The zero-order valence-corrected chi connectivity index (χ0v) is 6.90. The summed E-state index contributed by atoms with van der Waals surface area (Å²) in [6.45, 7) is 0.963. The lowest BCUT2D eigenvalue weighted by Gasteiger charge is -2.22. The number of rotatable bonds is 1. The highest BCUT2D eigenvalue weighted by molar-refractivity contribution is 5.46. The van der Waals surface area contributed by atoms with Crippen molar-refractivity contribution in [3.8, 4) is 0 Å². The first-order chi connectivity index (χ1) is 5.88. The second-order valence-corrected chi connectivity index (χ2v) is 3.07. The van der Waals surface area contributed by atoms with E-state index in [1.54, 1.807) is 0 Å². The lowest BCUT2D eigenvalue weighted by Crippen LogP contribution is -2.28. The molecule has 0 saturated carbocycles. The number of aliphatic hydroxyl groups excluding tert-OH is 1. The third kappa shape index (κ3) is 1.30. The molecule has 0 aromatic heterocycles. The van der Waals surface area contributed by atoms with Crippen LogP contribution in [-0.4, -0.2) is 17.9 Å². The minimum Gasteiger partial charge on any atom is -0.374 e. The van der Waals surface area contributed by atoms with Crippen molar-refractivity contribution in [3.05, 3.63) is 30.3 Å². The van der Waals surface area contributed by atoms with Gasteiger partial charge in [-0.25, -0.2) is 0 Å². The summed E-state index contributed by atoms with van der Waals surface area (Å²) in [4.78, 5) is 2.02. The first kappa shape index (κ1) is 7.62. The van der Waals surface area contributed by atoms with E-state index in [9.17, 15) is 5.11 Å². The van der Waals surface area contributed by atoms with Crippen LogP contribution in [0.25, 0.3) is 0 Å². The number of anilines is 1. The molecule has 1 atom stereocenters. The molecule has 1 radical (unpaired) electrons. The summed E-state index contributed by atoms with van der Waals surface area (Å²) in [6, 6.07) is 10.7. The Balaban J connectivity index is 2.19. The molecule has 1 saturated heterocycles. The molecule has 0 amide bonds. The topological polar surface area (TPSA) is 23.5 Å². The van der Waals surface area contributed by atoms with Gasteiger partial charge in [-0.15, -0.1) is 0 Å². The van der Waals surface area contributed by atoms with Crippen LogP contribution in [0, 0.1) is 6.07 Å². The summed E-state index contributed by atoms with van der Waals surface area (Å²) in [6.07, 6.45) is 1.69. The van der Waals surface area contributed by atoms with Crippen LogP contribution in [0.1, 0.15) is 12.8 Å². The summed E-state index contributed by atoms with van der Waals surface area (Å²) >= 11 is 0. The van der Waals surface area contributed by atoms with Crippen molar-refractivity contribution in [1.29, 1.82) is 0 Å². The number of benzene rings is 1. The molecule has 1 aliphatic heterocycles. The van der Waals surface area contributed by atoms with Crippen LogP contribution < -0.4 is 4.90 Å². The lowest BCUT2D eigenvalue weighted by atomic mass is 10.3. The van der Waals surface area contributed by atoms with Crippen molar-refractivity contribution in [2.24, 2.45) is 0 Å². The molecular weight excluding hydrogens is 150 g/mol. The number of hydrogen-bond donors (Lipinski definition) is 1. The molecule has 2 rings (SSSR count). The van der Waals surface area contributed by atoms with E-state index in [1.807, 2.05) is 29.2 Å². The van der Waals surface area contributed by atoms with Crippen LogP contribution in [0.15, 0.2) is 24.3 Å². The van der Waals surface area contributed by atoms with Crippen molar-refractivity contribution >= 4 is 5.69 Å². The summed E-state index contributed by atoms with van der Waals surface area (Å²) < 4.78 is 0. The Bertz CT molecular complexity index is 247. The van der Waals surface area contributed by atoms with E-state index in [1.165, 1.54) is 0 Å². The molecule has 2 heteroatoms. The van der Waals surface area contributed by atoms with Crippen LogP contribution in [0.5, 0.6) is 0 Å². The molecular formula is C10H12NO. The van der Waals surface area contributed by atoms with E-state index in [0.717, 1.165) is 25.1 Å². The van der Waals surface area contributed by atoms with Crippen LogP contribution in [0.2, 0.25) is 0 Å². The summed E-state index contributed by atoms with van der Waals surface area (Å²) in [5.74, 6) is 0. The van der Waals surface area contributed by atoms with Gasteiger partial charge in [-0.3, -0.25) is 0 Å². The smallest absolute Gasteiger partial charge is 0.126 e. The molecule has 1 unspecified atom stereocenters. The predicted molar refractivity (Wildman–Crippen MR) is 47.9 cm³/mol. The van der Waals surface area contributed by atoms with Crippen molar-refractivity contribution in [1.82, 2.24) is 0 Å². The van der Waals surface area contributed by atoms with E-state index in [4.69, 9.17) is 0 Å². The zero-order chi connectivity index (χ0) is 8.39. The van der Waals surface area contributed by atoms with Gasteiger partial charge in [-0.1, -0.05) is 12.1 Å². The van der Waals surface area contributed by atoms with E-state index < -0.39 is 0 Å². The summed E-state index contributed by atoms with van der Waals surface area (Å²) in [7, 11) is 0. The van der Waals surface area contributed by atoms with Gasteiger partial charge < -0.3 is 10.0 Å². The third-order valence-electron chi connectivity index (χ3n) is 2.25. The molecule has 0 spiro atoms. The quantitative estimate of drug-likeness (QED) is 0.674. The number of aliphatic hydroxyl groups is 1. The van der Waals surface area contributed by atoms with Gasteiger partial charge in [0.25, 0.3) is 0 Å². The average molecular weight is 162 g/mol. The fourth-order valence-corrected chi connectivity index (χ4v) is 1.62. The Hall–Kier alpha value is -1.02. The monoisotopic (exact) mass is 162 g/mol. The highest BCUT2D eigenvalue weighted by Gasteiger charge is 2.21. The minimum atomic E-state index is -0.285. The van der Waals surface area contributed by atoms with Gasteiger partial charge in [0.15, 0.2) is 0 Å². The van der Waals surface area contributed by atoms with Crippen LogP contribution >= 0.6 is 0 Å². The number of hydrogen-bond acceptors (Lipinski definition) is 2. The average Bonchev–Trinajstić information content (AvgIpc) is 2.53. The van der Waals surface area contributed by atoms with Gasteiger partial charge in [0, 0.05) is 12.2 Å². The van der Waals surface area contributed by atoms with E-state index in [-0.39, 0.29) is 6.23 Å². The fourth-order valence-electron chi connectivity index (χ4n) is 1.62. The van der Waals surface area contributed by atoms with Crippen molar-refractivity contribution < 1.29 is 5.11 Å². The second-order valence-electron chi connectivity index (χ2n) is 3.07. The molecule has 0 aliphatic carbocycles. The van der Waals surface area contributed by atoms with Crippen LogP contribution in [0.4, 0.5) is 5.69 Å². The molecule has 2 nitrogen and oxygen atoms in total. The predicted octanol–water partition coefficient (Wildman–Crippen LogP) is 1.41. The van der Waals surface area contributed by atoms with Gasteiger partial charge in [-0.2, -0.15) is 0 Å². The van der Waals surface area contributed by atoms with E-state index >= 15 is 0 Å². The van der Waals surface area contributed by atoms with Crippen molar-refractivity contribution in [3.63, 3.8) is 0 Å². The largest absolute Gasteiger partial charge is 0.374 e. The standard InChI is InChI=1S/C10H12NO/c12-10-7-4-8-11(10)9-5-2-1-3-6-9/h2-3,5-6,10,12H,4,7-8H2. The summed E-state index contributed by atoms with van der Waals surface area (Å²) in [5.41, 5.74) is 1.10. The molecule has 1 aromatic rings. The van der Waals surface area contributed by atoms with Gasteiger partial charge in [0.2, 0.25) is 0 Å². The fraction of sp³-hybridized carbons (Fsp3) is 0.400. The first-order valence-corrected chi connectivity index (χ1v) is 4.29. The minimum absolute atomic E-state index is 0.285. The van der Waals surface area contributed by atoms with Gasteiger partial charge in [-0.05, 0) is 31.0 Å². The molecule has 0 bridgehead atoms. The zero-order valence-electron chi connectivity index (χ0n) is 6.90. The molecule has 1 heterocycles. The van der Waals surface area contributed by atoms with Gasteiger partial charge in [0.1, 0.15) is 6.23 Å². The Morgan fingerprint density at radius 1 is 1.42 bits per heavy atom. The Kier molecular flexibility index (Phi) is 2.00. The third-order valence-corrected chi connectivity index (χ3v) is 2.25. The maximum Gasteiger partial charge on any atom is 0.126 e. The number of nitrogens with zero attached hydrogens (tertiary/aromatic N) is 1. The molecule has 12 heavy (non-hydrogen) atoms. The van der Waals surface area contributed by atoms with Gasteiger partial charge in [0.05, 0.1) is 0 Å². The maximum atomic E-state index is 9.56. The first-order valence-electron chi connectivity index (χ1n) is 4.29. The Morgan fingerprint density at radius 3 is 2.75 bits per heavy atom. The maximum absolute atomic E-state index is 9.56. The molecule has 1 aromatic carbocycles. The second kappa shape index (κ2) is 3.15.